The molecule has 2 N–H and O–H groups in total. The van der Waals surface area contributed by atoms with Gasteiger partial charge in [0.2, 0.25) is 10.0 Å². The second-order valence-electron chi connectivity index (χ2n) is 6.80. The third-order valence-electron chi connectivity index (χ3n) is 4.21. The molecule has 0 fully saturated rings. The summed E-state index contributed by atoms with van der Waals surface area (Å²) >= 11 is 0. The number of hydrogen-bond donors (Lipinski definition) is 2. The Morgan fingerprint density at radius 1 is 1.19 bits per heavy atom. The first-order chi connectivity index (χ1) is 11.9. The molecule has 0 aliphatic heterocycles. The lowest BCUT2D eigenvalue weighted by Crippen LogP contribution is -2.44. The SMILES string of the molecule is CCN(CC)S(=O)(=O)c1ccc(C)c(C(=O)NC(C)(C)CCC(=O)O)c1. The predicted molar refractivity (Wildman–Crippen MR) is 99.7 cm³/mol. The molecule has 0 aromatic heterocycles. The zero-order chi connectivity index (χ0) is 20.1. The Labute approximate surface area is 155 Å². The number of carbonyl (C=O) groups is 2. The monoisotopic (exact) mass is 384 g/mol. The van der Waals surface area contributed by atoms with E-state index in [0.29, 0.717) is 18.7 Å². The number of rotatable bonds is 9. The Hall–Kier alpha value is -1.93. The molecule has 0 saturated heterocycles. The molecule has 0 unspecified atom stereocenters. The van der Waals surface area contributed by atoms with Gasteiger partial charge >= 0.3 is 5.97 Å². The number of hydrogen-bond acceptors (Lipinski definition) is 4. The van der Waals surface area contributed by atoms with E-state index in [9.17, 15) is 18.0 Å². The minimum absolute atomic E-state index is 0.0668. The van der Waals surface area contributed by atoms with Gasteiger partial charge < -0.3 is 10.4 Å². The maximum Gasteiger partial charge on any atom is 0.303 e. The first-order valence-corrected chi connectivity index (χ1v) is 10.0. The van der Waals surface area contributed by atoms with Gasteiger partial charge in [-0.3, -0.25) is 9.59 Å². The molecule has 7 nitrogen and oxygen atoms in total. The molecule has 1 rings (SSSR count). The van der Waals surface area contributed by atoms with Crippen molar-refractivity contribution in [1.29, 1.82) is 0 Å². The number of nitrogens with zero attached hydrogens (tertiary/aromatic N) is 1. The van der Waals surface area contributed by atoms with E-state index >= 15 is 0 Å². The summed E-state index contributed by atoms with van der Waals surface area (Å²) in [6.07, 6.45) is 0.202. The van der Waals surface area contributed by atoms with E-state index in [2.05, 4.69) is 5.32 Å². The van der Waals surface area contributed by atoms with E-state index < -0.39 is 27.4 Å². The summed E-state index contributed by atoms with van der Waals surface area (Å²) in [5.41, 5.74) is 0.187. The minimum atomic E-state index is -3.66. The summed E-state index contributed by atoms with van der Waals surface area (Å²) in [7, 11) is -3.66. The topological polar surface area (TPSA) is 104 Å². The van der Waals surface area contributed by atoms with Gasteiger partial charge in [-0.25, -0.2) is 8.42 Å². The van der Waals surface area contributed by atoms with Crippen LogP contribution < -0.4 is 5.32 Å². The summed E-state index contributed by atoms with van der Waals surface area (Å²) in [5, 5.41) is 11.6. The largest absolute Gasteiger partial charge is 0.481 e. The molecule has 1 aromatic carbocycles. The molecule has 1 amide bonds. The predicted octanol–water partition coefficient (Wildman–Crippen LogP) is 2.40. The summed E-state index contributed by atoms with van der Waals surface area (Å²) < 4.78 is 26.7. The van der Waals surface area contributed by atoms with Gasteiger partial charge in [-0.05, 0) is 44.9 Å². The summed E-state index contributed by atoms with van der Waals surface area (Å²) in [6, 6.07) is 4.48. The number of benzene rings is 1. The van der Waals surface area contributed by atoms with Gasteiger partial charge in [-0.1, -0.05) is 19.9 Å². The van der Waals surface area contributed by atoms with Crippen LogP contribution >= 0.6 is 0 Å². The number of amides is 1. The molecule has 0 radical (unpaired) electrons. The molecule has 0 saturated carbocycles. The van der Waals surface area contributed by atoms with Crippen LogP contribution in [0.25, 0.3) is 0 Å². The van der Waals surface area contributed by atoms with E-state index in [-0.39, 0.29) is 23.3 Å². The molecule has 0 spiro atoms. The van der Waals surface area contributed by atoms with Crippen molar-refractivity contribution >= 4 is 21.9 Å². The third kappa shape index (κ3) is 5.54. The fraction of sp³-hybridized carbons (Fsp3) is 0.556. The van der Waals surface area contributed by atoms with E-state index in [0.717, 1.165) is 0 Å². The van der Waals surface area contributed by atoms with Crippen molar-refractivity contribution < 1.29 is 23.1 Å². The fourth-order valence-corrected chi connectivity index (χ4v) is 4.06. The molecule has 8 heteroatoms. The molecule has 0 atom stereocenters. The highest BCUT2D eigenvalue weighted by atomic mass is 32.2. The molecular weight excluding hydrogens is 356 g/mol. The second kappa shape index (κ2) is 8.64. The lowest BCUT2D eigenvalue weighted by molar-refractivity contribution is -0.137. The maximum absolute atomic E-state index is 12.7. The van der Waals surface area contributed by atoms with Crippen LogP contribution in [0, 0.1) is 6.92 Å². The lowest BCUT2D eigenvalue weighted by atomic mass is 9.97. The van der Waals surface area contributed by atoms with Crippen LogP contribution in [0.4, 0.5) is 0 Å². The summed E-state index contributed by atoms with van der Waals surface area (Å²) in [5.74, 6) is -1.36. The minimum Gasteiger partial charge on any atom is -0.481 e. The Bertz CT molecular complexity index is 768. The molecule has 0 heterocycles. The average molecular weight is 384 g/mol. The van der Waals surface area contributed by atoms with E-state index in [1.54, 1.807) is 40.7 Å². The number of nitrogens with one attached hydrogen (secondary N) is 1. The molecule has 0 aliphatic rings. The van der Waals surface area contributed by atoms with Crippen LogP contribution in [0.3, 0.4) is 0 Å². The number of carboxylic acids is 1. The lowest BCUT2D eigenvalue weighted by Gasteiger charge is -2.26. The zero-order valence-corrected chi connectivity index (χ0v) is 16.8. The number of sulfonamides is 1. The van der Waals surface area contributed by atoms with Crippen LogP contribution in [0.5, 0.6) is 0 Å². The Morgan fingerprint density at radius 2 is 1.77 bits per heavy atom. The highest BCUT2D eigenvalue weighted by Gasteiger charge is 2.26. The Balaban J connectivity index is 3.14. The first kappa shape index (κ1) is 22.1. The van der Waals surface area contributed by atoms with Crippen molar-refractivity contribution in [2.45, 2.75) is 57.9 Å². The van der Waals surface area contributed by atoms with Gasteiger partial charge in [0.15, 0.2) is 0 Å². The zero-order valence-electron chi connectivity index (χ0n) is 16.0. The number of aryl methyl sites for hydroxylation is 1. The van der Waals surface area contributed by atoms with Crippen molar-refractivity contribution in [1.82, 2.24) is 9.62 Å². The normalized spacial score (nSPS) is 12.2. The molecular formula is C18H28N2O5S. The van der Waals surface area contributed by atoms with Gasteiger partial charge in [-0.15, -0.1) is 0 Å². The van der Waals surface area contributed by atoms with Crippen molar-refractivity contribution in [2.24, 2.45) is 0 Å². The van der Waals surface area contributed by atoms with Gasteiger partial charge in [0, 0.05) is 30.6 Å². The number of carbonyl (C=O) groups excluding carboxylic acids is 1. The standard InChI is InChI=1S/C18H28N2O5S/c1-6-20(7-2)26(24,25)14-9-8-13(3)15(12-14)17(23)19-18(4,5)11-10-16(21)22/h8-9,12H,6-7,10-11H2,1-5H3,(H,19,23)(H,21,22). The number of carboxylic acid groups (broad SMARTS) is 1. The van der Waals surface area contributed by atoms with Crippen LogP contribution in [0.1, 0.15) is 56.5 Å². The van der Waals surface area contributed by atoms with Gasteiger partial charge in [0.25, 0.3) is 5.91 Å². The molecule has 0 aliphatic carbocycles. The highest BCUT2D eigenvalue weighted by molar-refractivity contribution is 7.89. The third-order valence-corrected chi connectivity index (χ3v) is 6.26. The van der Waals surface area contributed by atoms with E-state index in [1.807, 2.05) is 0 Å². The molecule has 146 valence electrons. The quantitative estimate of drug-likeness (QED) is 0.680. The maximum atomic E-state index is 12.7. The van der Waals surface area contributed by atoms with Gasteiger partial charge in [-0.2, -0.15) is 4.31 Å². The Kier molecular flexibility index (Phi) is 7.35. The molecule has 0 bridgehead atoms. The fourth-order valence-electron chi connectivity index (χ4n) is 2.58. The van der Waals surface area contributed by atoms with Gasteiger partial charge in [0.05, 0.1) is 4.90 Å². The highest BCUT2D eigenvalue weighted by Crippen LogP contribution is 2.21. The van der Waals surface area contributed by atoms with Crippen molar-refractivity contribution in [3.8, 4) is 0 Å². The smallest absolute Gasteiger partial charge is 0.303 e. The molecule has 1 aromatic rings. The Morgan fingerprint density at radius 3 is 2.27 bits per heavy atom. The van der Waals surface area contributed by atoms with E-state index in [1.165, 1.54) is 16.4 Å². The van der Waals surface area contributed by atoms with Crippen LogP contribution in [0.15, 0.2) is 23.1 Å². The van der Waals surface area contributed by atoms with Crippen LogP contribution in [0.2, 0.25) is 0 Å². The van der Waals surface area contributed by atoms with Crippen molar-refractivity contribution in [2.75, 3.05) is 13.1 Å². The van der Waals surface area contributed by atoms with E-state index in [4.69, 9.17) is 5.11 Å². The second-order valence-corrected chi connectivity index (χ2v) is 8.74. The summed E-state index contributed by atoms with van der Waals surface area (Å²) in [4.78, 5) is 23.5. The van der Waals surface area contributed by atoms with Gasteiger partial charge in [0.1, 0.15) is 0 Å². The summed E-state index contributed by atoms with van der Waals surface area (Å²) in [6.45, 7) is 9.40. The van der Waals surface area contributed by atoms with Crippen molar-refractivity contribution in [3.05, 3.63) is 29.3 Å². The van der Waals surface area contributed by atoms with Crippen LogP contribution in [-0.2, 0) is 14.8 Å². The number of aliphatic carboxylic acids is 1. The molecule has 26 heavy (non-hydrogen) atoms. The average Bonchev–Trinajstić information content (AvgIpc) is 2.53. The first-order valence-electron chi connectivity index (χ1n) is 8.59. The van der Waals surface area contributed by atoms with Crippen molar-refractivity contribution in [3.63, 3.8) is 0 Å². The van der Waals surface area contributed by atoms with Crippen LogP contribution in [-0.4, -0.2) is 48.3 Å².